The van der Waals surface area contributed by atoms with Crippen LogP contribution in [0.4, 0.5) is 4.39 Å². The molecular formula is C17H25BFNO3. The summed E-state index contributed by atoms with van der Waals surface area (Å²) in [7, 11) is -0.290. The molecule has 126 valence electrons. The van der Waals surface area contributed by atoms with Gasteiger partial charge in [-0.3, -0.25) is 9.29 Å². The van der Waals surface area contributed by atoms with Gasteiger partial charge in [0, 0.05) is 19.6 Å². The Bertz CT molecular complexity index is 511. The van der Waals surface area contributed by atoms with E-state index in [1.54, 1.807) is 0 Å². The predicted molar refractivity (Wildman–Crippen MR) is 89.0 cm³/mol. The molecule has 1 aromatic carbocycles. The first-order chi connectivity index (χ1) is 11.1. The summed E-state index contributed by atoms with van der Waals surface area (Å²) in [6, 6.07) is 7.93. The van der Waals surface area contributed by atoms with Crippen molar-refractivity contribution in [1.29, 1.82) is 0 Å². The van der Waals surface area contributed by atoms with Crippen LogP contribution in [0.3, 0.4) is 0 Å². The number of rotatable bonds is 6. The predicted octanol–water partition coefficient (Wildman–Crippen LogP) is 2.02. The van der Waals surface area contributed by atoms with Crippen LogP contribution in [-0.2, 0) is 9.31 Å². The van der Waals surface area contributed by atoms with Crippen molar-refractivity contribution in [1.82, 2.24) is 4.90 Å². The highest BCUT2D eigenvalue weighted by Gasteiger charge is 2.38. The van der Waals surface area contributed by atoms with E-state index in [0.717, 1.165) is 37.3 Å². The van der Waals surface area contributed by atoms with Gasteiger partial charge >= 0.3 is 7.12 Å². The smallest absolute Gasteiger partial charge is 0.489 e. The molecule has 2 saturated heterocycles. The van der Waals surface area contributed by atoms with Gasteiger partial charge in [0.25, 0.3) is 0 Å². The summed E-state index contributed by atoms with van der Waals surface area (Å²) >= 11 is 0. The number of hydrogen-bond acceptors (Lipinski definition) is 4. The van der Waals surface area contributed by atoms with Crippen molar-refractivity contribution in [3.05, 3.63) is 24.3 Å². The molecular weight excluding hydrogens is 296 g/mol. The highest BCUT2D eigenvalue weighted by molar-refractivity contribution is 6.61. The van der Waals surface area contributed by atoms with Crippen molar-refractivity contribution < 1.29 is 18.4 Å². The maximum Gasteiger partial charge on any atom is 0.494 e. The van der Waals surface area contributed by atoms with Crippen LogP contribution < -0.4 is 10.2 Å². The van der Waals surface area contributed by atoms with Gasteiger partial charge in [0.05, 0.1) is 18.9 Å². The van der Waals surface area contributed by atoms with E-state index in [-0.39, 0.29) is 25.5 Å². The zero-order valence-electron chi connectivity index (χ0n) is 14.0. The molecule has 1 atom stereocenters. The SMILES string of the molecule is CC1(C)COB(c2ccc(O[C@H]3CCN(CCCF)C3)cc2)O1. The molecule has 0 aromatic heterocycles. The Morgan fingerprint density at radius 3 is 2.78 bits per heavy atom. The Balaban J connectivity index is 1.50. The molecule has 0 N–H and O–H groups in total. The maximum absolute atomic E-state index is 12.2. The number of likely N-dealkylation sites (tertiary alicyclic amines) is 1. The molecule has 1 aromatic rings. The first-order valence-electron chi connectivity index (χ1n) is 8.40. The number of ether oxygens (including phenoxy) is 1. The summed E-state index contributed by atoms with van der Waals surface area (Å²) in [6.07, 6.45) is 1.80. The van der Waals surface area contributed by atoms with E-state index in [1.807, 2.05) is 38.1 Å². The summed E-state index contributed by atoms with van der Waals surface area (Å²) in [6.45, 7) is 7.10. The molecule has 0 bridgehead atoms. The van der Waals surface area contributed by atoms with Crippen LogP contribution in [0.5, 0.6) is 5.75 Å². The Morgan fingerprint density at radius 2 is 2.13 bits per heavy atom. The van der Waals surface area contributed by atoms with Crippen molar-refractivity contribution in [3.8, 4) is 5.75 Å². The van der Waals surface area contributed by atoms with E-state index in [1.165, 1.54) is 0 Å². The number of benzene rings is 1. The van der Waals surface area contributed by atoms with Crippen LogP contribution in [0.15, 0.2) is 24.3 Å². The number of nitrogens with zero attached hydrogens (tertiary/aromatic N) is 1. The molecule has 2 aliphatic rings. The molecule has 0 unspecified atom stereocenters. The zero-order valence-corrected chi connectivity index (χ0v) is 14.0. The normalized spacial score (nSPS) is 24.3. The summed E-state index contributed by atoms with van der Waals surface area (Å²) in [5, 5.41) is 0. The van der Waals surface area contributed by atoms with Gasteiger partial charge < -0.3 is 14.0 Å². The lowest BCUT2D eigenvalue weighted by Gasteiger charge is -2.17. The van der Waals surface area contributed by atoms with Crippen LogP contribution >= 0.6 is 0 Å². The molecule has 2 fully saturated rings. The van der Waals surface area contributed by atoms with Crippen molar-refractivity contribution in [2.75, 3.05) is 32.9 Å². The fourth-order valence-corrected chi connectivity index (χ4v) is 3.07. The molecule has 0 amide bonds. The molecule has 6 heteroatoms. The third-order valence-corrected chi connectivity index (χ3v) is 4.30. The molecule has 3 rings (SSSR count). The van der Waals surface area contributed by atoms with E-state index in [2.05, 4.69) is 4.90 Å². The lowest BCUT2D eigenvalue weighted by atomic mass is 9.79. The van der Waals surface area contributed by atoms with Gasteiger partial charge in [0.2, 0.25) is 0 Å². The summed E-state index contributed by atoms with van der Waals surface area (Å²) in [4.78, 5) is 2.26. The van der Waals surface area contributed by atoms with Crippen molar-refractivity contribution >= 4 is 12.6 Å². The Hall–Kier alpha value is -1.11. The molecule has 2 heterocycles. The number of hydrogen-bond donors (Lipinski definition) is 0. The van der Waals surface area contributed by atoms with Crippen LogP contribution in [0.1, 0.15) is 26.7 Å². The Kier molecular flexibility index (Phi) is 5.24. The zero-order chi connectivity index (χ0) is 16.3. The van der Waals surface area contributed by atoms with Crippen LogP contribution in [-0.4, -0.2) is 56.6 Å². The third kappa shape index (κ3) is 4.46. The standard InChI is InChI=1S/C17H25BFNO3/c1-17(2)13-21-18(23-17)14-4-6-15(7-5-14)22-16-8-11-20(12-16)10-3-9-19/h4-7,16H,3,8-13H2,1-2H3/t16-/m0/s1. The minimum atomic E-state index is -0.290. The molecule has 23 heavy (non-hydrogen) atoms. The van der Waals surface area contributed by atoms with Gasteiger partial charge in [-0.25, -0.2) is 0 Å². The van der Waals surface area contributed by atoms with Gasteiger partial charge in [-0.05, 0) is 44.3 Å². The summed E-state index contributed by atoms with van der Waals surface area (Å²) in [5.41, 5.74) is 0.783. The van der Waals surface area contributed by atoms with Crippen LogP contribution in [0, 0.1) is 0 Å². The first-order valence-corrected chi connectivity index (χ1v) is 8.40. The third-order valence-electron chi connectivity index (χ3n) is 4.30. The molecule has 4 nitrogen and oxygen atoms in total. The first kappa shape index (κ1) is 16.7. The van der Waals surface area contributed by atoms with Gasteiger partial charge in [-0.2, -0.15) is 0 Å². The van der Waals surface area contributed by atoms with Crippen LogP contribution in [0.25, 0.3) is 0 Å². The lowest BCUT2D eigenvalue weighted by Crippen LogP contribution is -2.34. The fourth-order valence-electron chi connectivity index (χ4n) is 3.07. The van der Waals surface area contributed by atoms with Crippen molar-refractivity contribution in [3.63, 3.8) is 0 Å². The minimum absolute atomic E-state index is 0.193. The maximum atomic E-state index is 12.2. The van der Waals surface area contributed by atoms with E-state index < -0.39 is 0 Å². The monoisotopic (exact) mass is 321 g/mol. The van der Waals surface area contributed by atoms with E-state index in [4.69, 9.17) is 14.0 Å². The highest BCUT2D eigenvalue weighted by Crippen LogP contribution is 2.21. The minimum Gasteiger partial charge on any atom is -0.489 e. The Labute approximate surface area is 138 Å². The molecule has 2 aliphatic heterocycles. The summed E-state index contributed by atoms with van der Waals surface area (Å²) in [5.74, 6) is 0.864. The average Bonchev–Trinajstić information content (AvgIpc) is 3.12. The molecule has 0 radical (unpaired) electrons. The second kappa shape index (κ2) is 7.20. The Morgan fingerprint density at radius 1 is 1.35 bits per heavy atom. The summed E-state index contributed by atoms with van der Waals surface area (Å²) < 4.78 is 29.8. The number of halogens is 1. The second-order valence-corrected chi connectivity index (χ2v) is 6.96. The number of alkyl halides is 1. The van der Waals surface area contributed by atoms with E-state index in [9.17, 15) is 4.39 Å². The molecule has 0 saturated carbocycles. The topological polar surface area (TPSA) is 30.9 Å². The van der Waals surface area contributed by atoms with Crippen molar-refractivity contribution in [2.24, 2.45) is 0 Å². The van der Waals surface area contributed by atoms with Gasteiger partial charge in [-0.1, -0.05) is 12.1 Å². The molecule has 0 spiro atoms. The van der Waals surface area contributed by atoms with E-state index >= 15 is 0 Å². The van der Waals surface area contributed by atoms with Gasteiger partial charge in [-0.15, -0.1) is 0 Å². The average molecular weight is 321 g/mol. The van der Waals surface area contributed by atoms with Crippen LogP contribution in [0.2, 0.25) is 0 Å². The largest absolute Gasteiger partial charge is 0.494 e. The quantitative estimate of drug-likeness (QED) is 0.750. The molecule has 0 aliphatic carbocycles. The fraction of sp³-hybridized carbons (Fsp3) is 0.647. The highest BCUT2D eigenvalue weighted by atomic mass is 19.1. The van der Waals surface area contributed by atoms with E-state index in [0.29, 0.717) is 13.0 Å². The van der Waals surface area contributed by atoms with Crippen molar-refractivity contribution in [2.45, 2.75) is 38.4 Å². The second-order valence-electron chi connectivity index (χ2n) is 6.96. The van der Waals surface area contributed by atoms with Gasteiger partial charge in [0.1, 0.15) is 11.9 Å². The van der Waals surface area contributed by atoms with Gasteiger partial charge in [0.15, 0.2) is 0 Å². The lowest BCUT2D eigenvalue weighted by molar-refractivity contribution is 0.137.